The molecule has 0 radical (unpaired) electrons. The lowest BCUT2D eigenvalue weighted by atomic mass is 10.2. The van der Waals surface area contributed by atoms with Crippen molar-refractivity contribution in [1.82, 2.24) is 14.9 Å². The first-order valence-corrected chi connectivity index (χ1v) is 7.97. The quantitative estimate of drug-likeness (QED) is 0.934. The predicted octanol–water partition coefficient (Wildman–Crippen LogP) is 3.51. The van der Waals surface area contributed by atoms with Gasteiger partial charge in [0.2, 0.25) is 0 Å². The van der Waals surface area contributed by atoms with Crippen molar-refractivity contribution < 1.29 is 13.6 Å². The van der Waals surface area contributed by atoms with E-state index >= 15 is 0 Å². The molecule has 0 saturated carbocycles. The number of aromatic nitrogens is 2. The molecular weight excluding hydrogens is 314 g/mol. The number of hydrogen-bond acceptors (Lipinski definition) is 4. The van der Waals surface area contributed by atoms with Crippen LogP contribution in [-0.4, -0.2) is 33.9 Å². The Morgan fingerprint density at radius 2 is 1.75 bits per heavy atom. The summed E-state index contributed by atoms with van der Waals surface area (Å²) < 4.78 is 26.2. The van der Waals surface area contributed by atoms with Gasteiger partial charge in [0.05, 0.1) is 0 Å². The Kier molecular flexibility index (Phi) is 4.98. The van der Waals surface area contributed by atoms with Gasteiger partial charge in [-0.05, 0) is 25.0 Å². The Labute approximate surface area is 138 Å². The van der Waals surface area contributed by atoms with E-state index in [2.05, 4.69) is 15.3 Å². The van der Waals surface area contributed by atoms with Gasteiger partial charge in [0.25, 0.3) is 5.91 Å². The van der Waals surface area contributed by atoms with E-state index < -0.39 is 11.6 Å². The third-order valence-electron chi connectivity index (χ3n) is 3.97. The van der Waals surface area contributed by atoms with Crippen molar-refractivity contribution >= 4 is 17.4 Å². The van der Waals surface area contributed by atoms with E-state index in [0.29, 0.717) is 11.5 Å². The Hall–Kier alpha value is -2.57. The highest BCUT2D eigenvalue weighted by molar-refractivity contribution is 5.93. The lowest BCUT2D eigenvalue weighted by Crippen LogP contribution is -2.32. The summed E-state index contributed by atoms with van der Waals surface area (Å²) >= 11 is 0. The number of carbonyl (C=O) groups excluding carboxylic acids is 1. The number of carbonyl (C=O) groups is 1. The first kappa shape index (κ1) is 16.3. The number of halogens is 2. The van der Waals surface area contributed by atoms with Crippen molar-refractivity contribution in [2.45, 2.75) is 25.7 Å². The number of anilines is 2. The van der Waals surface area contributed by atoms with Crippen LogP contribution in [-0.2, 0) is 0 Å². The maximum atomic E-state index is 13.3. The van der Waals surface area contributed by atoms with Crippen LogP contribution >= 0.6 is 0 Å². The van der Waals surface area contributed by atoms with Crippen molar-refractivity contribution in [3.05, 3.63) is 47.9 Å². The molecule has 126 valence electrons. The minimum Gasteiger partial charge on any atom is -0.340 e. The molecule has 1 aliphatic rings. The molecule has 1 N–H and O–H groups in total. The molecule has 0 unspecified atom stereocenters. The summed E-state index contributed by atoms with van der Waals surface area (Å²) in [5.41, 5.74) is 0.637. The molecule has 24 heavy (non-hydrogen) atoms. The van der Waals surface area contributed by atoms with E-state index in [1.165, 1.54) is 18.5 Å². The Bertz CT molecular complexity index is 730. The van der Waals surface area contributed by atoms with Gasteiger partial charge < -0.3 is 10.2 Å². The largest absolute Gasteiger partial charge is 0.340 e. The van der Waals surface area contributed by atoms with E-state index in [1.54, 1.807) is 4.90 Å². The average molecular weight is 332 g/mol. The van der Waals surface area contributed by atoms with Crippen molar-refractivity contribution in [3.63, 3.8) is 0 Å². The summed E-state index contributed by atoms with van der Waals surface area (Å²) in [7, 11) is 0. The minimum absolute atomic E-state index is 0.132. The van der Waals surface area contributed by atoms with Crippen LogP contribution in [0.4, 0.5) is 20.3 Å². The normalized spacial score (nSPS) is 15.0. The number of hydrogen-bond donors (Lipinski definition) is 1. The SMILES string of the molecule is O=C(c1cc(Nc2ccc(F)c(F)c2)ncn1)N1CCCCCC1. The molecule has 0 atom stereocenters. The van der Waals surface area contributed by atoms with Crippen LogP contribution in [0.25, 0.3) is 0 Å². The molecular formula is C17H18F2N4O. The van der Waals surface area contributed by atoms with E-state index in [-0.39, 0.29) is 11.6 Å². The maximum Gasteiger partial charge on any atom is 0.272 e. The Morgan fingerprint density at radius 1 is 1.00 bits per heavy atom. The Balaban J connectivity index is 1.75. The fourth-order valence-corrected chi connectivity index (χ4v) is 2.70. The van der Waals surface area contributed by atoms with Crippen LogP contribution in [0, 0.1) is 11.6 Å². The highest BCUT2D eigenvalue weighted by Crippen LogP contribution is 2.19. The number of likely N-dealkylation sites (tertiary alicyclic amines) is 1. The van der Waals surface area contributed by atoms with Crippen molar-refractivity contribution in [2.24, 2.45) is 0 Å². The standard InChI is InChI=1S/C17H18F2N4O/c18-13-6-5-12(9-14(13)19)22-16-10-15(20-11-21-16)17(24)23-7-3-1-2-4-8-23/h5-6,9-11H,1-4,7-8H2,(H,20,21,22). The molecule has 2 heterocycles. The van der Waals surface area contributed by atoms with Gasteiger partial charge in [0.15, 0.2) is 11.6 Å². The first-order chi connectivity index (χ1) is 11.6. The molecule has 1 aliphatic heterocycles. The topological polar surface area (TPSA) is 58.1 Å². The predicted molar refractivity (Wildman–Crippen MR) is 86.0 cm³/mol. The van der Waals surface area contributed by atoms with Crippen molar-refractivity contribution in [2.75, 3.05) is 18.4 Å². The van der Waals surface area contributed by atoms with Gasteiger partial charge in [-0.2, -0.15) is 0 Å². The van der Waals surface area contributed by atoms with Gasteiger partial charge >= 0.3 is 0 Å². The van der Waals surface area contributed by atoms with Gasteiger partial charge in [-0.25, -0.2) is 18.7 Å². The molecule has 7 heteroatoms. The van der Waals surface area contributed by atoms with Crippen LogP contribution in [0.1, 0.15) is 36.2 Å². The summed E-state index contributed by atoms with van der Waals surface area (Å²) in [4.78, 5) is 22.4. The van der Waals surface area contributed by atoms with Gasteiger partial charge in [-0.3, -0.25) is 4.79 Å². The number of benzene rings is 1. The van der Waals surface area contributed by atoms with Crippen LogP contribution in [0.2, 0.25) is 0 Å². The average Bonchev–Trinajstić information content (AvgIpc) is 2.87. The molecule has 0 spiro atoms. The molecule has 0 bridgehead atoms. The van der Waals surface area contributed by atoms with Gasteiger partial charge in [-0.15, -0.1) is 0 Å². The number of nitrogens with zero attached hydrogens (tertiary/aromatic N) is 3. The van der Waals surface area contributed by atoms with Gasteiger partial charge in [0.1, 0.15) is 17.8 Å². The van der Waals surface area contributed by atoms with E-state index in [0.717, 1.165) is 50.9 Å². The van der Waals surface area contributed by atoms with E-state index in [1.807, 2.05) is 0 Å². The number of amides is 1. The van der Waals surface area contributed by atoms with E-state index in [4.69, 9.17) is 0 Å². The van der Waals surface area contributed by atoms with E-state index in [9.17, 15) is 13.6 Å². The number of nitrogens with one attached hydrogen (secondary N) is 1. The zero-order chi connectivity index (χ0) is 16.9. The molecule has 1 saturated heterocycles. The lowest BCUT2D eigenvalue weighted by Gasteiger charge is -2.19. The third-order valence-corrected chi connectivity index (χ3v) is 3.97. The molecule has 1 aromatic carbocycles. The first-order valence-electron chi connectivity index (χ1n) is 7.97. The molecule has 2 aromatic rings. The summed E-state index contributed by atoms with van der Waals surface area (Å²) in [5.74, 6) is -1.64. The molecule has 1 aromatic heterocycles. The maximum absolute atomic E-state index is 13.3. The second kappa shape index (κ2) is 7.33. The second-order valence-corrected chi connectivity index (χ2v) is 5.75. The zero-order valence-electron chi connectivity index (χ0n) is 13.1. The van der Waals surface area contributed by atoms with Gasteiger partial charge in [-0.1, -0.05) is 12.8 Å². The zero-order valence-corrected chi connectivity index (χ0v) is 13.1. The molecule has 0 aliphatic carbocycles. The minimum atomic E-state index is -0.949. The summed E-state index contributed by atoms with van der Waals surface area (Å²) in [6.07, 6.45) is 5.55. The molecule has 5 nitrogen and oxygen atoms in total. The smallest absolute Gasteiger partial charge is 0.272 e. The Morgan fingerprint density at radius 3 is 2.46 bits per heavy atom. The van der Waals surface area contributed by atoms with Crippen LogP contribution in [0.3, 0.4) is 0 Å². The fourth-order valence-electron chi connectivity index (χ4n) is 2.70. The van der Waals surface area contributed by atoms with Gasteiger partial charge in [0, 0.05) is 30.9 Å². The summed E-state index contributed by atoms with van der Waals surface area (Å²) in [6, 6.07) is 4.99. The second-order valence-electron chi connectivity index (χ2n) is 5.75. The number of rotatable bonds is 3. The summed E-state index contributed by atoms with van der Waals surface area (Å²) in [5, 5.41) is 2.85. The molecule has 1 amide bonds. The van der Waals surface area contributed by atoms with Crippen LogP contribution in [0.15, 0.2) is 30.6 Å². The molecule has 1 fully saturated rings. The molecule has 3 rings (SSSR count). The third kappa shape index (κ3) is 3.84. The summed E-state index contributed by atoms with van der Waals surface area (Å²) in [6.45, 7) is 1.46. The van der Waals surface area contributed by atoms with Crippen molar-refractivity contribution in [3.8, 4) is 0 Å². The van der Waals surface area contributed by atoms with Crippen LogP contribution in [0.5, 0.6) is 0 Å². The fraction of sp³-hybridized carbons (Fsp3) is 0.353. The lowest BCUT2D eigenvalue weighted by molar-refractivity contribution is 0.0755. The monoisotopic (exact) mass is 332 g/mol. The van der Waals surface area contributed by atoms with Crippen molar-refractivity contribution in [1.29, 1.82) is 0 Å². The highest BCUT2D eigenvalue weighted by atomic mass is 19.2. The highest BCUT2D eigenvalue weighted by Gasteiger charge is 2.19. The van der Waals surface area contributed by atoms with Crippen LogP contribution < -0.4 is 5.32 Å².